The molecule has 1 atom stereocenters. The van der Waals surface area contributed by atoms with E-state index in [0.29, 0.717) is 48.3 Å². The second-order valence-electron chi connectivity index (χ2n) is 12.8. The average molecular weight is 652 g/mol. The SMILES string of the molecule is COc1ccc(CN2C(=O)O[C@@H](C(F)(F)F)c3c(-c4nn(C5CCN(C(=O)OC(C)(C)C)CC5)c5cc(C)ccc45)ccnc32)cc1. The molecule has 2 aliphatic heterocycles. The monoisotopic (exact) mass is 651 g/mol. The zero-order chi connectivity index (χ0) is 33.7. The van der Waals surface area contributed by atoms with E-state index in [1.807, 2.05) is 50.6 Å². The predicted molar refractivity (Wildman–Crippen MR) is 168 cm³/mol. The van der Waals surface area contributed by atoms with Crippen LogP contribution in [0.25, 0.3) is 22.2 Å². The third-order valence-electron chi connectivity index (χ3n) is 8.30. The molecule has 47 heavy (non-hydrogen) atoms. The highest BCUT2D eigenvalue weighted by molar-refractivity contribution is 5.98. The molecule has 1 saturated heterocycles. The molecule has 0 radical (unpaired) electrons. The first kappa shape index (κ1) is 32.1. The number of methoxy groups -OCH3 is 1. The zero-order valence-electron chi connectivity index (χ0n) is 26.8. The molecule has 0 saturated carbocycles. The Labute approximate surface area is 270 Å². The van der Waals surface area contributed by atoms with Gasteiger partial charge >= 0.3 is 18.4 Å². The normalized spacial score (nSPS) is 17.4. The highest BCUT2D eigenvalue weighted by atomic mass is 19.4. The smallest absolute Gasteiger partial charge is 0.430 e. The summed E-state index contributed by atoms with van der Waals surface area (Å²) >= 11 is 0. The van der Waals surface area contributed by atoms with E-state index in [0.717, 1.165) is 16.0 Å². The van der Waals surface area contributed by atoms with Crippen LogP contribution in [0.3, 0.4) is 0 Å². The average Bonchev–Trinajstić information content (AvgIpc) is 3.39. The number of hydrogen-bond donors (Lipinski definition) is 0. The van der Waals surface area contributed by atoms with Crippen molar-refractivity contribution >= 4 is 28.9 Å². The number of rotatable bonds is 5. The van der Waals surface area contributed by atoms with Gasteiger partial charge in [0.1, 0.15) is 22.9 Å². The van der Waals surface area contributed by atoms with Crippen LogP contribution >= 0.6 is 0 Å². The molecule has 13 heteroatoms. The molecule has 2 aromatic heterocycles. The maximum Gasteiger partial charge on any atom is 0.430 e. The Kier molecular flexibility index (Phi) is 8.27. The minimum absolute atomic E-state index is 0.0680. The molecule has 2 aromatic carbocycles. The molecule has 0 unspecified atom stereocenters. The number of nitrogens with zero attached hydrogens (tertiary/aromatic N) is 5. The lowest BCUT2D eigenvalue weighted by Crippen LogP contribution is -2.42. The van der Waals surface area contributed by atoms with Gasteiger partial charge in [0.25, 0.3) is 0 Å². The summed E-state index contributed by atoms with van der Waals surface area (Å²) in [6, 6.07) is 13.9. The van der Waals surface area contributed by atoms with Crippen LogP contribution in [0.2, 0.25) is 0 Å². The van der Waals surface area contributed by atoms with Crippen molar-refractivity contribution < 1.29 is 37.0 Å². The van der Waals surface area contributed by atoms with Crippen molar-refractivity contribution in [3.05, 3.63) is 71.4 Å². The fraction of sp³-hybridized carbons (Fsp3) is 0.412. The third-order valence-corrected chi connectivity index (χ3v) is 8.30. The van der Waals surface area contributed by atoms with Gasteiger partial charge < -0.3 is 19.1 Å². The van der Waals surface area contributed by atoms with Gasteiger partial charge in [0.05, 0.1) is 30.8 Å². The highest BCUT2D eigenvalue weighted by Crippen LogP contribution is 2.48. The Morgan fingerprint density at radius 3 is 2.38 bits per heavy atom. The van der Waals surface area contributed by atoms with Crippen molar-refractivity contribution in [1.82, 2.24) is 19.7 Å². The number of halogens is 3. The lowest BCUT2D eigenvalue weighted by Gasteiger charge is -2.34. The number of cyclic esters (lactones) is 1. The van der Waals surface area contributed by atoms with Crippen LogP contribution in [0.5, 0.6) is 5.75 Å². The summed E-state index contributed by atoms with van der Waals surface area (Å²) in [6.07, 6.45) is -6.43. The van der Waals surface area contributed by atoms with Crippen molar-refractivity contribution in [2.24, 2.45) is 0 Å². The number of aryl methyl sites for hydroxylation is 1. The highest BCUT2D eigenvalue weighted by Gasteiger charge is 2.51. The van der Waals surface area contributed by atoms with E-state index in [1.54, 1.807) is 29.2 Å². The number of anilines is 1. The number of piperidine rings is 1. The number of pyridine rings is 1. The van der Waals surface area contributed by atoms with E-state index >= 15 is 0 Å². The van der Waals surface area contributed by atoms with Crippen LogP contribution in [-0.4, -0.2) is 63.8 Å². The van der Waals surface area contributed by atoms with Gasteiger partial charge in [-0.1, -0.05) is 24.3 Å². The molecule has 4 heterocycles. The van der Waals surface area contributed by atoms with Crippen LogP contribution in [0.4, 0.5) is 28.6 Å². The fourth-order valence-electron chi connectivity index (χ4n) is 6.08. The maximum absolute atomic E-state index is 14.6. The molecule has 0 aliphatic carbocycles. The maximum atomic E-state index is 14.6. The van der Waals surface area contributed by atoms with E-state index < -0.39 is 24.0 Å². The fourth-order valence-corrected chi connectivity index (χ4v) is 6.08. The lowest BCUT2D eigenvalue weighted by atomic mass is 9.96. The quantitative estimate of drug-likeness (QED) is 0.218. The standard InChI is InChI=1S/C34H36F3N5O5/c1-20-6-11-24-26(18-20)42(22-13-16-40(17-14-22)31(43)47-33(2,3)4)39-28(24)25-12-15-38-30-27(25)29(34(35,36)37)46-32(44)41(30)19-21-7-9-23(45-5)10-8-21/h6-12,15,18,22,29H,13-14,16-17,19H2,1-5H3/t29-/m1/s1. The number of benzene rings is 2. The third kappa shape index (κ3) is 6.43. The van der Waals surface area contributed by atoms with Gasteiger partial charge in [-0.3, -0.25) is 9.58 Å². The van der Waals surface area contributed by atoms with Gasteiger partial charge in [-0.15, -0.1) is 0 Å². The lowest BCUT2D eigenvalue weighted by molar-refractivity contribution is -0.207. The first-order valence-electron chi connectivity index (χ1n) is 15.4. The Bertz CT molecular complexity index is 1810. The minimum atomic E-state index is -4.90. The summed E-state index contributed by atoms with van der Waals surface area (Å²) < 4.78 is 61.5. The van der Waals surface area contributed by atoms with E-state index in [4.69, 9.17) is 19.3 Å². The topological polar surface area (TPSA) is 99.0 Å². The largest absolute Gasteiger partial charge is 0.497 e. The van der Waals surface area contributed by atoms with Crippen LogP contribution in [0, 0.1) is 6.92 Å². The molecule has 6 rings (SSSR count). The summed E-state index contributed by atoms with van der Waals surface area (Å²) in [7, 11) is 1.52. The van der Waals surface area contributed by atoms with Crippen LogP contribution in [-0.2, 0) is 16.0 Å². The Morgan fingerprint density at radius 1 is 1.04 bits per heavy atom. The molecule has 0 bridgehead atoms. The van der Waals surface area contributed by atoms with Crippen molar-refractivity contribution in [3.8, 4) is 17.0 Å². The molecule has 0 N–H and O–H groups in total. The van der Waals surface area contributed by atoms with Crippen LogP contribution < -0.4 is 9.64 Å². The van der Waals surface area contributed by atoms with Crippen LogP contribution in [0.1, 0.15) is 62.4 Å². The predicted octanol–water partition coefficient (Wildman–Crippen LogP) is 7.75. The molecule has 4 aromatic rings. The molecule has 0 spiro atoms. The van der Waals surface area contributed by atoms with Gasteiger partial charge in [-0.2, -0.15) is 18.3 Å². The van der Waals surface area contributed by atoms with Gasteiger partial charge in [0.15, 0.2) is 0 Å². The number of amides is 2. The summed E-state index contributed by atoms with van der Waals surface area (Å²) in [5.74, 6) is 0.457. The van der Waals surface area contributed by atoms with Crippen molar-refractivity contribution in [3.63, 3.8) is 0 Å². The number of ether oxygens (including phenoxy) is 3. The van der Waals surface area contributed by atoms with E-state index in [9.17, 15) is 22.8 Å². The number of carbonyl (C=O) groups is 2. The van der Waals surface area contributed by atoms with Gasteiger partial charge in [-0.05, 0) is 75.9 Å². The van der Waals surface area contributed by atoms with Gasteiger partial charge in [-0.25, -0.2) is 14.6 Å². The first-order valence-corrected chi connectivity index (χ1v) is 15.4. The molecule has 2 aliphatic rings. The molecule has 248 valence electrons. The Morgan fingerprint density at radius 2 is 1.74 bits per heavy atom. The van der Waals surface area contributed by atoms with Crippen molar-refractivity contribution in [2.75, 3.05) is 25.1 Å². The second kappa shape index (κ2) is 12.1. The molecule has 1 fully saturated rings. The minimum Gasteiger partial charge on any atom is -0.497 e. The van der Waals surface area contributed by atoms with E-state index in [2.05, 4.69) is 4.98 Å². The summed E-state index contributed by atoms with van der Waals surface area (Å²) in [6.45, 7) is 8.21. The second-order valence-corrected chi connectivity index (χ2v) is 12.8. The molecular weight excluding hydrogens is 615 g/mol. The summed E-state index contributed by atoms with van der Waals surface area (Å²) in [5, 5.41) is 5.59. The van der Waals surface area contributed by atoms with Crippen molar-refractivity contribution in [2.45, 2.75) is 71.0 Å². The van der Waals surface area contributed by atoms with Gasteiger partial charge in [0, 0.05) is 30.2 Å². The molecule has 10 nitrogen and oxygen atoms in total. The molecular formula is C34H36F3N5O5. The Hall–Kier alpha value is -4.81. The number of aromatic nitrogens is 3. The first-order chi connectivity index (χ1) is 22.2. The van der Waals surface area contributed by atoms with Crippen molar-refractivity contribution in [1.29, 1.82) is 0 Å². The van der Waals surface area contributed by atoms with Crippen LogP contribution in [0.15, 0.2) is 54.7 Å². The summed E-state index contributed by atoms with van der Waals surface area (Å²) in [5.41, 5.74) is 1.96. The summed E-state index contributed by atoms with van der Waals surface area (Å²) in [4.78, 5) is 32.8. The zero-order valence-corrected chi connectivity index (χ0v) is 26.8. The number of hydrogen-bond acceptors (Lipinski definition) is 7. The van der Waals surface area contributed by atoms with E-state index in [1.165, 1.54) is 19.4 Å². The van der Waals surface area contributed by atoms with Gasteiger partial charge in [0.2, 0.25) is 6.10 Å². The number of fused-ring (bicyclic) bond motifs is 2. The number of carbonyl (C=O) groups excluding carboxylic acids is 2. The number of likely N-dealkylation sites (tertiary alicyclic amines) is 1. The Balaban J connectivity index is 1.41. The number of alkyl halides is 3. The molecule has 2 amide bonds. The van der Waals surface area contributed by atoms with E-state index in [-0.39, 0.29) is 35.6 Å².